The molecule has 0 atom stereocenters. The van der Waals surface area contributed by atoms with E-state index in [2.05, 4.69) is 15.0 Å². The molecule has 0 aliphatic heterocycles. The number of pyridine rings is 1. The molecular formula is C21H18FN5O2S. The summed E-state index contributed by atoms with van der Waals surface area (Å²) in [6.45, 7) is 3.35. The molecule has 4 rings (SSSR count). The minimum Gasteiger partial charge on any atom is -0.289 e. The molecule has 0 saturated carbocycles. The zero-order chi connectivity index (χ0) is 21.3. The summed E-state index contributed by atoms with van der Waals surface area (Å²) in [5.74, 6) is -0.818. The number of amides is 1. The lowest BCUT2D eigenvalue weighted by Gasteiger charge is -2.20. The quantitative estimate of drug-likeness (QED) is 0.492. The maximum Gasteiger partial charge on any atom is 0.256 e. The van der Waals surface area contributed by atoms with Crippen molar-refractivity contribution in [3.63, 3.8) is 0 Å². The van der Waals surface area contributed by atoms with Gasteiger partial charge in [0, 0.05) is 17.5 Å². The highest BCUT2D eigenvalue weighted by Crippen LogP contribution is 2.31. The molecule has 1 amide bonds. The third-order valence-electron chi connectivity index (χ3n) is 4.76. The van der Waals surface area contributed by atoms with Crippen LogP contribution in [-0.2, 0) is 17.9 Å². The van der Waals surface area contributed by atoms with Crippen LogP contribution in [0.5, 0.6) is 0 Å². The van der Waals surface area contributed by atoms with Crippen LogP contribution in [0, 0.1) is 19.7 Å². The van der Waals surface area contributed by atoms with Crippen LogP contribution in [0.25, 0.3) is 10.2 Å². The minimum atomic E-state index is -0.449. The van der Waals surface area contributed by atoms with Crippen molar-refractivity contribution >= 4 is 32.6 Å². The van der Waals surface area contributed by atoms with Gasteiger partial charge in [0.05, 0.1) is 23.3 Å². The number of halogens is 1. The van der Waals surface area contributed by atoms with E-state index in [1.54, 1.807) is 44.3 Å². The molecule has 0 saturated heterocycles. The topological polar surface area (TPSA) is 81.0 Å². The standard InChI is InChI=1S/C21H18FN5O2S/c1-13-14(2)24-12-26(20(13)29)11-18(28)27(10-15-6-3-4-9-23-15)21-25-19-16(22)7-5-8-17(19)30-21/h3-9,12H,10-11H2,1-2H3. The molecule has 0 fully saturated rings. The summed E-state index contributed by atoms with van der Waals surface area (Å²) >= 11 is 1.21. The zero-order valence-electron chi connectivity index (χ0n) is 16.4. The van der Waals surface area contributed by atoms with Gasteiger partial charge in [0.1, 0.15) is 17.9 Å². The van der Waals surface area contributed by atoms with E-state index >= 15 is 0 Å². The molecule has 0 aliphatic rings. The Hall–Kier alpha value is -3.46. The lowest BCUT2D eigenvalue weighted by molar-refractivity contribution is -0.119. The van der Waals surface area contributed by atoms with Gasteiger partial charge in [0.25, 0.3) is 5.56 Å². The summed E-state index contributed by atoms with van der Waals surface area (Å²) in [7, 11) is 0. The van der Waals surface area contributed by atoms with Crippen LogP contribution < -0.4 is 10.5 Å². The van der Waals surface area contributed by atoms with Gasteiger partial charge in [-0.2, -0.15) is 0 Å². The molecule has 0 radical (unpaired) electrons. The van der Waals surface area contributed by atoms with E-state index in [4.69, 9.17) is 0 Å². The Morgan fingerprint density at radius 1 is 1.17 bits per heavy atom. The van der Waals surface area contributed by atoms with Crippen molar-refractivity contribution in [2.45, 2.75) is 26.9 Å². The van der Waals surface area contributed by atoms with Crippen molar-refractivity contribution in [3.05, 3.63) is 82.0 Å². The fourth-order valence-electron chi connectivity index (χ4n) is 2.95. The SMILES string of the molecule is Cc1ncn(CC(=O)N(Cc2ccccn2)c2nc3c(F)cccc3s2)c(=O)c1C. The lowest BCUT2D eigenvalue weighted by atomic mass is 10.3. The fourth-order valence-corrected chi connectivity index (χ4v) is 3.95. The fraction of sp³-hybridized carbons (Fsp3) is 0.190. The number of aromatic nitrogens is 4. The second-order valence-electron chi connectivity index (χ2n) is 6.77. The van der Waals surface area contributed by atoms with Gasteiger partial charge < -0.3 is 0 Å². The summed E-state index contributed by atoms with van der Waals surface area (Å²) in [6, 6.07) is 10.1. The van der Waals surface area contributed by atoms with Crippen molar-refractivity contribution in [1.82, 2.24) is 19.5 Å². The van der Waals surface area contributed by atoms with Crippen molar-refractivity contribution in [2.24, 2.45) is 0 Å². The van der Waals surface area contributed by atoms with Gasteiger partial charge in [0.15, 0.2) is 5.13 Å². The summed E-state index contributed by atoms with van der Waals surface area (Å²) in [5.41, 5.74) is 1.70. The van der Waals surface area contributed by atoms with E-state index < -0.39 is 5.82 Å². The number of fused-ring (bicyclic) bond motifs is 1. The monoisotopic (exact) mass is 423 g/mol. The van der Waals surface area contributed by atoms with Crippen LogP contribution in [0.1, 0.15) is 17.0 Å². The van der Waals surface area contributed by atoms with Crippen molar-refractivity contribution in [3.8, 4) is 0 Å². The zero-order valence-corrected chi connectivity index (χ0v) is 17.2. The minimum absolute atomic E-state index is 0.147. The molecule has 0 unspecified atom stereocenters. The van der Waals surface area contributed by atoms with Gasteiger partial charge >= 0.3 is 0 Å². The van der Waals surface area contributed by atoms with Crippen molar-refractivity contribution < 1.29 is 9.18 Å². The number of carbonyl (C=O) groups excluding carboxylic acids is 1. The third-order valence-corrected chi connectivity index (χ3v) is 5.80. The maximum atomic E-state index is 14.1. The molecule has 3 aromatic heterocycles. The van der Waals surface area contributed by atoms with E-state index in [9.17, 15) is 14.0 Å². The summed E-state index contributed by atoms with van der Waals surface area (Å²) < 4.78 is 16.0. The molecule has 3 heterocycles. The lowest BCUT2D eigenvalue weighted by Crippen LogP contribution is -2.37. The van der Waals surface area contributed by atoms with E-state index in [0.717, 1.165) is 0 Å². The van der Waals surface area contributed by atoms with E-state index in [0.29, 0.717) is 26.8 Å². The number of anilines is 1. The Balaban J connectivity index is 1.73. The van der Waals surface area contributed by atoms with Crippen LogP contribution in [-0.4, -0.2) is 25.4 Å². The van der Waals surface area contributed by atoms with Crippen LogP contribution in [0.2, 0.25) is 0 Å². The number of para-hydroxylation sites is 1. The Morgan fingerprint density at radius 3 is 2.73 bits per heavy atom. The number of nitrogens with zero attached hydrogens (tertiary/aromatic N) is 5. The van der Waals surface area contributed by atoms with Gasteiger partial charge in [-0.25, -0.2) is 14.4 Å². The van der Waals surface area contributed by atoms with Gasteiger partial charge in [-0.3, -0.25) is 24.0 Å². The van der Waals surface area contributed by atoms with Crippen LogP contribution in [0.4, 0.5) is 9.52 Å². The molecule has 0 N–H and O–H groups in total. The number of carbonyl (C=O) groups is 1. The van der Waals surface area contributed by atoms with Gasteiger partial charge in [-0.05, 0) is 38.1 Å². The number of benzene rings is 1. The predicted octanol–water partition coefficient (Wildman–Crippen LogP) is 3.24. The van der Waals surface area contributed by atoms with E-state index in [1.165, 1.54) is 33.2 Å². The maximum absolute atomic E-state index is 14.1. The molecule has 152 valence electrons. The number of thiazole rings is 1. The largest absolute Gasteiger partial charge is 0.289 e. The van der Waals surface area contributed by atoms with Crippen LogP contribution in [0.15, 0.2) is 53.7 Å². The summed E-state index contributed by atoms with van der Waals surface area (Å²) in [4.78, 5) is 39.9. The molecule has 9 heteroatoms. The Bertz CT molecular complexity index is 1290. The summed E-state index contributed by atoms with van der Waals surface area (Å²) in [6.07, 6.45) is 2.99. The second kappa shape index (κ2) is 8.11. The van der Waals surface area contributed by atoms with Crippen molar-refractivity contribution in [2.75, 3.05) is 4.90 Å². The average Bonchev–Trinajstić information content (AvgIpc) is 3.18. The van der Waals surface area contributed by atoms with E-state index in [1.807, 2.05) is 6.07 Å². The first-order valence-electron chi connectivity index (χ1n) is 9.22. The number of aryl methyl sites for hydroxylation is 1. The first-order chi connectivity index (χ1) is 14.4. The molecule has 1 aromatic carbocycles. The predicted molar refractivity (Wildman–Crippen MR) is 113 cm³/mol. The highest BCUT2D eigenvalue weighted by molar-refractivity contribution is 7.22. The van der Waals surface area contributed by atoms with E-state index in [-0.39, 0.29) is 30.1 Å². The molecule has 7 nitrogen and oxygen atoms in total. The van der Waals surface area contributed by atoms with Crippen molar-refractivity contribution in [1.29, 1.82) is 0 Å². The summed E-state index contributed by atoms with van der Waals surface area (Å²) in [5, 5.41) is 0.343. The molecule has 4 aromatic rings. The van der Waals surface area contributed by atoms with Gasteiger partial charge in [0.2, 0.25) is 5.91 Å². The molecule has 0 aliphatic carbocycles. The molecule has 0 spiro atoms. The van der Waals surface area contributed by atoms with Gasteiger partial charge in [-0.1, -0.05) is 23.5 Å². The average molecular weight is 423 g/mol. The second-order valence-corrected chi connectivity index (χ2v) is 7.78. The highest BCUT2D eigenvalue weighted by Gasteiger charge is 2.22. The number of rotatable bonds is 5. The smallest absolute Gasteiger partial charge is 0.256 e. The normalized spacial score (nSPS) is 11.0. The van der Waals surface area contributed by atoms with Gasteiger partial charge in [-0.15, -0.1) is 0 Å². The Kier molecular flexibility index (Phi) is 5.37. The number of hydrogen-bond acceptors (Lipinski definition) is 6. The van der Waals surface area contributed by atoms with Crippen LogP contribution in [0.3, 0.4) is 0 Å². The Morgan fingerprint density at radius 2 is 2.00 bits per heavy atom. The number of hydrogen-bond donors (Lipinski definition) is 0. The molecule has 0 bridgehead atoms. The third kappa shape index (κ3) is 3.84. The first kappa shape index (κ1) is 19.8. The highest BCUT2D eigenvalue weighted by atomic mass is 32.1. The Labute approximate surface area is 175 Å². The van der Waals surface area contributed by atoms with Crippen LogP contribution >= 0.6 is 11.3 Å². The molecule has 30 heavy (non-hydrogen) atoms. The first-order valence-corrected chi connectivity index (χ1v) is 10.0. The molecular weight excluding hydrogens is 405 g/mol.